The molecule has 0 radical (unpaired) electrons. The van der Waals surface area contributed by atoms with E-state index in [1.165, 1.54) is 0 Å². The van der Waals surface area contributed by atoms with Gasteiger partial charge in [0.2, 0.25) is 0 Å². The van der Waals surface area contributed by atoms with E-state index >= 15 is 0 Å². The van der Waals surface area contributed by atoms with Crippen LogP contribution in [-0.2, 0) is 15.5 Å². The first-order valence-electron chi connectivity index (χ1n) is 3.80. The number of hydrogen-bond donors (Lipinski definition) is 0. The molecule has 0 N–H and O–H groups in total. The number of rotatable bonds is 4. The molecule has 1 aliphatic rings. The Kier molecular flexibility index (Phi) is 2.71. The molecule has 64 valence electrons. The van der Waals surface area contributed by atoms with Gasteiger partial charge < -0.3 is 4.74 Å². The lowest BCUT2D eigenvalue weighted by Gasteiger charge is -2.03. The van der Waals surface area contributed by atoms with E-state index in [2.05, 4.69) is 0 Å². The largest absolute Gasteiger partial charge is 0.501 e. The zero-order valence-electron chi connectivity index (χ0n) is 7.00. The van der Waals surface area contributed by atoms with E-state index in [0.29, 0.717) is 6.61 Å². The lowest BCUT2D eigenvalue weighted by Crippen LogP contribution is -2.08. The van der Waals surface area contributed by atoms with E-state index in [4.69, 9.17) is 4.74 Å². The van der Waals surface area contributed by atoms with Crippen LogP contribution in [0.15, 0.2) is 12.3 Å². The Hall–Kier alpha value is -0.310. The second-order valence-corrected chi connectivity index (χ2v) is 5.00. The Bertz CT molecular complexity index is 189. The maximum atomic E-state index is 10.9. The summed E-state index contributed by atoms with van der Waals surface area (Å²) in [6, 6.07) is 0. The van der Waals surface area contributed by atoms with Crippen LogP contribution in [0, 0.1) is 0 Å². The van der Waals surface area contributed by atoms with Crippen LogP contribution in [0.3, 0.4) is 0 Å². The Labute approximate surface area is 70.1 Å². The van der Waals surface area contributed by atoms with Crippen molar-refractivity contribution in [3.05, 3.63) is 12.3 Å². The molecular weight excluding hydrogens is 160 g/mol. The molecule has 2 atom stereocenters. The monoisotopic (exact) mass is 174 g/mol. The summed E-state index contributed by atoms with van der Waals surface area (Å²) in [4.78, 5) is 0. The maximum absolute atomic E-state index is 10.9. The Morgan fingerprint density at radius 1 is 1.73 bits per heavy atom. The summed E-state index contributed by atoms with van der Waals surface area (Å²) >= 11 is 0. The van der Waals surface area contributed by atoms with E-state index in [-0.39, 0.29) is 4.75 Å². The fourth-order valence-corrected chi connectivity index (χ4v) is 1.97. The third kappa shape index (κ3) is 2.33. The van der Waals surface area contributed by atoms with Crippen molar-refractivity contribution in [2.75, 3.05) is 12.4 Å². The molecule has 0 spiro atoms. The highest BCUT2D eigenvalue weighted by molar-refractivity contribution is 7.94. The third-order valence-corrected chi connectivity index (χ3v) is 3.88. The highest BCUT2D eigenvalue weighted by atomic mass is 32.2. The van der Waals surface area contributed by atoms with Gasteiger partial charge in [-0.3, -0.25) is 4.21 Å². The van der Waals surface area contributed by atoms with Gasteiger partial charge in [-0.25, -0.2) is 0 Å². The molecule has 0 aromatic heterocycles. The van der Waals surface area contributed by atoms with Crippen molar-refractivity contribution >= 4 is 10.8 Å². The minimum Gasteiger partial charge on any atom is -0.501 e. The smallest absolute Gasteiger partial charge is 0.0887 e. The summed E-state index contributed by atoms with van der Waals surface area (Å²) in [5.74, 6) is 0.853. The molecule has 1 aliphatic heterocycles. The first-order chi connectivity index (χ1) is 5.19. The number of allylic oxidation sites excluding steroid dienone is 1. The highest BCUT2D eigenvalue weighted by Crippen LogP contribution is 2.34. The first-order valence-corrected chi connectivity index (χ1v) is 5.12. The van der Waals surface area contributed by atoms with Gasteiger partial charge in [0, 0.05) is 16.6 Å². The van der Waals surface area contributed by atoms with Crippen molar-refractivity contribution < 1.29 is 8.95 Å². The quantitative estimate of drug-likeness (QED) is 0.366. The molecule has 0 saturated carbocycles. The molecule has 1 heterocycles. The maximum Gasteiger partial charge on any atom is 0.0887 e. The molecule has 0 aromatic rings. The average Bonchev–Trinajstić information content (AvgIpc) is 2.54. The van der Waals surface area contributed by atoms with Crippen LogP contribution in [0.4, 0.5) is 0 Å². The highest BCUT2D eigenvalue weighted by Gasteiger charge is 2.47. The molecule has 0 amide bonds. The van der Waals surface area contributed by atoms with Gasteiger partial charge in [0.05, 0.1) is 17.6 Å². The van der Waals surface area contributed by atoms with Crippen molar-refractivity contribution in [3.8, 4) is 0 Å². The summed E-state index contributed by atoms with van der Waals surface area (Å²) < 4.78 is 16.1. The first kappa shape index (κ1) is 8.78. The predicted octanol–water partition coefficient (Wildman–Crippen LogP) is 1.45. The minimum absolute atomic E-state index is 0.0710. The minimum atomic E-state index is -0.574. The Balaban J connectivity index is 2.09. The summed E-state index contributed by atoms with van der Waals surface area (Å²) in [7, 11) is -0.574. The van der Waals surface area contributed by atoms with E-state index < -0.39 is 10.8 Å². The molecule has 1 fully saturated rings. The van der Waals surface area contributed by atoms with E-state index in [1.54, 1.807) is 6.26 Å². The standard InChI is InChI=1S/C8H14O2S/c1-3-5-10-6-4-8(2)7-11(8)9/h3,5H,4,6-7H2,1-2H3/b5-3+. The lowest BCUT2D eigenvalue weighted by atomic mass is 10.1. The van der Waals surface area contributed by atoms with Gasteiger partial charge in [0.25, 0.3) is 0 Å². The van der Waals surface area contributed by atoms with Crippen LogP contribution in [0.1, 0.15) is 20.3 Å². The third-order valence-electron chi connectivity index (χ3n) is 1.88. The number of ether oxygens (including phenoxy) is 1. The summed E-state index contributed by atoms with van der Waals surface area (Å²) in [5, 5.41) is 0. The topological polar surface area (TPSA) is 26.3 Å². The van der Waals surface area contributed by atoms with Gasteiger partial charge in [-0.1, -0.05) is 6.08 Å². The van der Waals surface area contributed by atoms with Gasteiger partial charge in [-0.05, 0) is 20.3 Å². The second kappa shape index (κ2) is 3.39. The second-order valence-electron chi connectivity index (χ2n) is 3.03. The molecule has 0 bridgehead atoms. The molecule has 3 heteroatoms. The van der Waals surface area contributed by atoms with Crippen molar-refractivity contribution in [3.63, 3.8) is 0 Å². The van der Waals surface area contributed by atoms with E-state index in [9.17, 15) is 4.21 Å². The van der Waals surface area contributed by atoms with Gasteiger partial charge in [0.15, 0.2) is 0 Å². The van der Waals surface area contributed by atoms with Crippen LogP contribution in [0.25, 0.3) is 0 Å². The lowest BCUT2D eigenvalue weighted by molar-refractivity contribution is 0.238. The van der Waals surface area contributed by atoms with Gasteiger partial charge >= 0.3 is 0 Å². The molecular formula is C8H14O2S. The van der Waals surface area contributed by atoms with Crippen LogP contribution >= 0.6 is 0 Å². The van der Waals surface area contributed by atoms with Crippen molar-refractivity contribution in [1.29, 1.82) is 0 Å². The van der Waals surface area contributed by atoms with Gasteiger partial charge in [-0.2, -0.15) is 0 Å². The van der Waals surface area contributed by atoms with Crippen molar-refractivity contribution in [2.45, 2.75) is 25.0 Å². The van der Waals surface area contributed by atoms with Gasteiger partial charge in [-0.15, -0.1) is 0 Å². The summed E-state index contributed by atoms with van der Waals surface area (Å²) in [5.41, 5.74) is 0. The van der Waals surface area contributed by atoms with E-state index in [0.717, 1.165) is 12.2 Å². The zero-order chi connectivity index (χ0) is 8.32. The van der Waals surface area contributed by atoms with Crippen LogP contribution in [0.2, 0.25) is 0 Å². The fourth-order valence-electron chi connectivity index (χ4n) is 0.873. The van der Waals surface area contributed by atoms with Crippen molar-refractivity contribution in [1.82, 2.24) is 0 Å². The normalized spacial score (nSPS) is 36.0. The van der Waals surface area contributed by atoms with Crippen molar-refractivity contribution in [2.24, 2.45) is 0 Å². The zero-order valence-corrected chi connectivity index (χ0v) is 7.82. The Morgan fingerprint density at radius 3 is 2.82 bits per heavy atom. The van der Waals surface area contributed by atoms with Crippen LogP contribution in [-0.4, -0.2) is 21.3 Å². The molecule has 11 heavy (non-hydrogen) atoms. The molecule has 0 aromatic carbocycles. The molecule has 2 unspecified atom stereocenters. The van der Waals surface area contributed by atoms with Crippen LogP contribution in [0.5, 0.6) is 0 Å². The SMILES string of the molecule is C/C=C/OCCC1(C)CS1=O. The molecule has 1 rings (SSSR count). The molecule has 2 nitrogen and oxygen atoms in total. The number of hydrogen-bond acceptors (Lipinski definition) is 2. The molecule has 0 aliphatic carbocycles. The summed E-state index contributed by atoms with van der Waals surface area (Å²) in [6.07, 6.45) is 4.44. The predicted molar refractivity (Wildman–Crippen MR) is 46.8 cm³/mol. The van der Waals surface area contributed by atoms with E-state index in [1.807, 2.05) is 19.9 Å². The Morgan fingerprint density at radius 2 is 2.36 bits per heavy atom. The fraction of sp³-hybridized carbons (Fsp3) is 0.750. The molecule has 1 saturated heterocycles. The van der Waals surface area contributed by atoms with Crippen LogP contribution < -0.4 is 0 Å². The van der Waals surface area contributed by atoms with Gasteiger partial charge in [0.1, 0.15) is 0 Å². The summed E-state index contributed by atoms with van der Waals surface area (Å²) in [6.45, 7) is 4.64. The average molecular weight is 174 g/mol.